The molecule has 6 rings (SSSR count). The van der Waals surface area contributed by atoms with E-state index in [4.69, 9.17) is 9.47 Å². The summed E-state index contributed by atoms with van der Waals surface area (Å²) in [4.78, 5) is 40.5. The number of carbonyl (C=O) groups excluding carboxylic acids is 3. The van der Waals surface area contributed by atoms with E-state index in [9.17, 15) is 14.4 Å². The second kappa shape index (κ2) is 12.8. The van der Waals surface area contributed by atoms with Gasteiger partial charge in [-0.3, -0.25) is 14.4 Å². The molecule has 0 aliphatic heterocycles. The van der Waals surface area contributed by atoms with E-state index in [0.29, 0.717) is 48.5 Å². The van der Waals surface area contributed by atoms with E-state index in [2.05, 4.69) is 49.3 Å². The second-order valence-corrected chi connectivity index (χ2v) is 15.6. The van der Waals surface area contributed by atoms with Crippen LogP contribution in [0.15, 0.2) is 30.3 Å². The molecule has 2 N–H and O–H groups in total. The number of fused-ring (bicyclic) bond motifs is 6. The summed E-state index contributed by atoms with van der Waals surface area (Å²) < 4.78 is 11.9. The molecule has 4 aliphatic rings. The third kappa shape index (κ3) is 6.30. The van der Waals surface area contributed by atoms with E-state index >= 15 is 0 Å². The molecule has 2 aromatic rings. The van der Waals surface area contributed by atoms with Crippen LogP contribution >= 0.6 is 0 Å². The van der Waals surface area contributed by atoms with Crippen molar-refractivity contribution in [1.82, 2.24) is 10.3 Å². The molecule has 0 spiro atoms. The largest absolute Gasteiger partial charge is 0.463 e. The molecule has 1 aromatic carbocycles. The number of carbonyl (C=O) groups is 3. The maximum absolute atomic E-state index is 12.9. The Kier molecular flexibility index (Phi) is 9.11. The lowest BCUT2D eigenvalue weighted by molar-refractivity contribution is -0.197. The lowest BCUT2D eigenvalue weighted by Gasteiger charge is -2.62. The van der Waals surface area contributed by atoms with Crippen molar-refractivity contribution in [2.45, 2.75) is 117 Å². The van der Waals surface area contributed by atoms with Gasteiger partial charge in [-0.25, -0.2) is 0 Å². The molecule has 10 atom stereocenters. The minimum Gasteiger partial charge on any atom is -0.463 e. The van der Waals surface area contributed by atoms with Crippen LogP contribution in [0.4, 0.5) is 0 Å². The number of para-hydroxylation sites is 1. The minimum atomic E-state index is -0.198. The Morgan fingerprint density at radius 2 is 1.69 bits per heavy atom. The first-order chi connectivity index (χ1) is 21.5. The Morgan fingerprint density at radius 3 is 2.44 bits per heavy atom. The van der Waals surface area contributed by atoms with Gasteiger partial charge in [0.05, 0.1) is 0 Å². The molecule has 0 saturated heterocycles. The Hall–Kier alpha value is -2.83. The molecule has 0 radical (unpaired) electrons. The van der Waals surface area contributed by atoms with E-state index in [1.54, 1.807) is 6.92 Å². The summed E-state index contributed by atoms with van der Waals surface area (Å²) in [5.74, 6) is 2.64. The molecule has 246 valence electrons. The van der Waals surface area contributed by atoms with Gasteiger partial charge in [0.25, 0.3) is 0 Å². The highest BCUT2D eigenvalue weighted by molar-refractivity contribution is 5.80. The van der Waals surface area contributed by atoms with Gasteiger partial charge < -0.3 is 19.8 Å². The minimum absolute atomic E-state index is 0.0218. The van der Waals surface area contributed by atoms with Gasteiger partial charge in [-0.15, -0.1) is 0 Å². The van der Waals surface area contributed by atoms with Crippen LogP contribution in [0.3, 0.4) is 0 Å². The molecule has 1 aromatic heterocycles. The number of hydrogen-bond acceptors (Lipinski definition) is 5. The topological polar surface area (TPSA) is 97.5 Å². The molecule has 0 unspecified atom stereocenters. The predicted molar refractivity (Wildman–Crippen MR) is 175 cm³/mol. The Balaban J connectivity index is 1.07. The fourth-order valence-electron chi connectivity index (χ4n) is 11.1. The summed E-state index contributed by atoms with van der Waals surface area (Å²) in [5.41, 5.74) is 2.67. The van der Waals surface area contributed by atoms with E-state index in [-0.39, 0.29) is 40.9 Å². The van der Waals surface area contributed by atoms with Gasteiger partial charge in [0.1, 0.15) is 12.2 Å². The highest BCUT2D eigenvalue weighted by Crippen LogP contribution is 2.68. The van der Waals surface area contributed by atoms with Gasteiger partial charge in [0.2, 0.25) is 5.91 Å². The summed E-state index contributed by atoms with van der Waals surface area (Å²) >= 11 is 0. The number of aromatic amines is 1. The molecule has 4 saturated carbocycles. The SMILES string of the molecule is CC(=O)O[C@@H]1CC[C@@]2(C)[C@@H](C1)C[C@@H](OC(C)=O)[C@@H]1[C@@H]2CC[C@]2(C)[C@@H]([C@H](C)CCC(=O)NCCc3cc4ccccc4[nH]3)CC[C@@H]12. The first-order valence-electron chi connectivity index (χ1n) is 17.7. The van der Waals surface area contributed by atoms with Crippen molar-refractivity contribution < 1.29 is 23.9 Å². The number of nitrogens with one attached hydrogen (secondary N) is 2. The fraction of sp³-hybridized carbons (Fsp3) is 0.711. The van der Waals surface area contributed by atoms with Gasteiger partial charge in [-0.05, 0) is 116 Å². The van der Waals surface area contributed by atoms with Crippen molar-refractivity contribution in [2.75, 3.05) is 6.54 Å². The van der Waals surface area contributed by atoms with Crippen LogP contribution < -0.4 is 5.32 Å². The Bertz CT molecular complexity index is 1370. The summed E-state index contributed by atoms with van der Waals surface area (Å²) in [6.07, 6.45) is 10.7. The maximum atomic E-state index is 12.9. The number of hydrogen-bond donors (Lipinski definition) is 2. The smallest absolute Gasteiger partial charge is 0.302 e. The first kappa shape index (κ1) is 32.1. The van der Waals surface area contributed by atoms with Gasteiger partial charge in [-0.1, -0.05) is 39.0 Å². The van der Waals surface area contributed by atoms with E-state index in [1.165, 1.54) is 31.6 Å². The molecule has 1 heterocycles. The average Bonchev–Trinajstić information content (AvgIpc) is 3.56. The quantitative estimate of drug-likeness (QED) is 0.286. The van der Waals surface area contributed by atoms with Crippen molar-refractivity contribution in [3.05, 3.63) is 36.0 Å². The monoisotopic (exact) mass is 618 g/mol. The molecule has 1 amide bonds. The molecule has 4 fully saturated rings. The molecular weight excluding hydrogens is 564 g/mol. The third-order valence-electron chi connectivity index (χ3n) is 13.2. The highest BCUT2D eigenvalue weighted by Gasteiger charge is 2.64. The number of amides is 1. The van der Waals surface area contributed by atoms with Crippen LogP contribution in [0.1, 0.15) is 105 Å². The van der Waals surface area contributed by atoms with Crippen LogP contribution in [0.2, 0.25) is 0 Å². The molecular formula is C38H54N2O5. The molecule has 7 heteroatoms. The van der Waals surface area contributed by atoms with E-state index in [0.717, 1.165) is 56.2 Å². The van der Waals surface area contributed by atoms with Crippen molar-refractivity contribution in [2.24, 2.45) is 46.3 Å². The lowest BCUT2D eigenvalue weighted by Crippen LogP contribution is -2.59. The molecule has 4 aliphatic carbocycles. The molecule has 45 heavy (non-hydrogen) atoms. The number of ether oxygens (including phenoxy) is 2. The average molecular weight is 619 g/mol. The second-order valence-electron chi connectivity index (χ2n) is 15.6. The van der Waals surface area contributed by atoms with Crippen LogP contribution in [-0.2, 0) is 30.3 Å². The summed E-state index contributed by atoms with van der Waals surface area (Å²) in [7, 11) is 0. The van der Waals surface area contributed by atoms with E-state index < -0.39 is 0 Å². The van der Waals surface area contributed by atoms with Crippen LogP contribution in [0.25, 0.3) is 10.9 Å². The zero-order chi connectivity index (χ0) is 31.9. The zero-order valence-electron chi connectivity index (χ0n) is 28.0. The van der Waals surface area contributed by atoms with Gasteiger partial charge in [0, 0.05) is 50.4 Å². The van der Waals surface area contributed by atoms with Crippen molar-refractivity contribution in [3.8, 4) is 0 Å². The van der Waals surface area contributed by atoms with E-state index in [1.807, 2.05) is 12.1 Å². The summed E-state index contributed by atoms with van der Waals surface area (Å²) in [5, 5.41) is 4.36. The van der Waals surface area contributed by atoms with Crippen LogP contribution in [0.5, 0.6) is 0 Å². The van der Waals surface area contributed by atoms with Crippen molar-refractivity contribution >= 4 is 28.7 Å². The Morgan fingerprint density at radius 1 is 0.956 bits per heavy atom. The summed E-state index contributed by atoms with van der Waals surface area (Å²) in [6.45, 7) is 11.1. The fourth-order valence-corrected chi connectivity index (χ4v) is 11.1. The summed E-state index contributed by atoms with van der Waals surface area (Å²) in [6, 6.07) is 10.4. The van der Waals surface area contributed by atoms with Crippen LogP contribution in [-0.4, -0.2) is 41.6 Å². The standard InChI is InChI=1S/C38H54N2O5/c1-23(10-13-35(43)39-19-16-28-20-26-8-6-7-9-33(26)40-28)30-11-12-31-36-32(15-18-38(30,31)5)37(4)17-14-29(44-24(2)41)21-27(37)22-34(36)45-25(3)42/h6-9,20,23,27,29-32,34,36,40H,10-19,21-22H2,1-5H3,(H,39,43)/t23-,27+,29-,30-,31+,32+,34-,36+,37+,38-/m1/s1. The zero-order valence-corrected chi connectivity index (χ0v) is 28.0. The molecule has 0 bridgehead atoms. The van der Waals surface area contributed by atoms with Gasteiger partial charge >= 0.3 is 11.9 Å². The predicted octanol–water partition coefficient (Wildman–Crippen LogP) is 7.38. The third-order valence-corrected chi connectivity index (χ3v) is 13.2. The highest BCUT2D eigenvalue weighted by atomic mass is 16.5. The number of H-pyrrole nitrogens is 1. The number of aromatic nitrogens is 1. The Labute approximate surface area is 269 Å². The first-order valence-corrected chi connectivity index (χ1v) is 17.7. The number of rotatable bonds is 9. The lowest BCUT2D eigenvalue weighted by atomic mass is 9.43. The van der Waals surface area contributed by atoms with Gasteiger partial charge in [-0.2, -0.15) is 0 Å². The number of benzene rings is 1. The normalized spacial score (nSPS) is 36.3. The maximum Gasteiger partial charge on any atom is 0.302 e. The molecule has 7 nitrogen and oxygen atoms in total. The van der Waals surface area contributed by atoms with Crippen LogP contribution in [0, 0.1) is 46.3 Å². The van der Waals surface area contributed by atoms with Crippen molar-refractivity contribution in [1.29, 1.82) is 0 Å². The van der Waals surface area contributed by atoms with Gasteiger partial charge in [0.15, 0.2) is 0 Å². The number of esters is 2. The van der Waals surface area contributed by atoms with Crippen molar-refractivity contribution in [3.63, 3.8) is 0 Å².